The van der Waals surface area contributed by atoms with Gasteiger partial charge in [0, 0.05) is 19.1 Å². The van der Waals surface area contributed by atoms with E-state index in [1.807, 2.05) is 4.90 Å². The lowest BCUT2D eigenvalue weighted by molar-refractivity contribution is -0.136. The van der Waals surface area contributed by atoms with Gasteiger partial charge in [0.15, 0.2) is 0 Å². The Kier molecular flexibility index (Phi) is 3.99. The summed E-state index contributed by atoms with van der Waals surface area (Å²) in [5.41, 5.74) is 0. The predicted molar refractivity (Wildman–Crippen MR) is 77.0 cm³/mol. The summed E-state index contributed by atoms with van der Waals surface area (Å²) in [5, 5.41) is 3.13. The maximum absolute atomic E-state index is 12.4. The molecule has 1 N–H and O–H groups in total. The van der Waals surface area contributed by atoms with Crippen LogP contribution in [-0.4, -0.2) is 35.8 Å². The highest BCUT2D eigenvalue weighted by molar-refractivity contribution is 5.92. The molecule has 4 nitrogen and oxygen atoms in total. The number of hydrogen-bond acceptors (Lipinski definition) is 2. The van der Waals surface area contributed by atoms with Crippen LogP contribution in [0.5, 0.6) is 0 Å². The van der Waals surface area contributed by atoms with Crippen molar-refractivity contribution >= 4 is 11.8 Å². The van der Waals surface area contributed by atoms with E-state index >= 15 is 0 Å². The maximum Gasteiger partial charge on any atom is 0.226 e. The first kappa shape index (κ1) is 13.9. The fraction of sp³-hybridized carbons (Fsp3) is 0.875. The zero-order chi connectivity index (χ0) is 14.1. The van der Waals surface area contributed by atoms with Crippen LogP contribution in [0, 0.1) is 17.8 Å². The average molecular weight is 278 g/mol. The standard InChI is InChI=1S/C16H26N2O2/c1-11-6-8-18(9-7-11)16(20)14-10-13(14)15(19)17-12-4-2-3-5-12/h11-14H,2-10H2,1H3,(H,17,19). The van der Waals surface area contributed by atoms with E-state index in [0.717, 1.165) is 51.1 Å². The molecule has 3 aliphatic rings. The van der Waals surface area contributed by atoms with Crippen LogP contribution in [0.4, 0.5) is 0 Å². The number of likely N-dealkylation sites (tertiary alicyclic amines) is 1. The molecular formula is C16H26N2O2. The molecule has 112 valence electrons. The Labute approximate surface area is 121 Å². The highest BCUT2D eigenvalue weighted by Crippen LogP contribution is 2.41. The third kappa shape index (κ3) is 2.99. The smallest absolute Gasteiger partial charge is 0.226 e. The topological polar surface area (TPSA) is 49.4 Å². The van der Waals surface area contributed by atoms with Gasteiger partial charge in [0.1, 0.15) is 0 Å². The molecule has 0 bridgehead atoms. The lowest BCUT2D eigenvalue weighted by Crippen LogP contribution is -2.40. The fourth-order valence-corrected chi connectivity index (χ4v) is 3.60. The van der Waals surface area contributed by atoms with Gasteiger partial charge in [0.2, 0.25) is 11.8 Å². The van der Waals surface area contributed by atoms with Crippen molar-refractivity contribution in [1.82, 2.24) is 10.2 Å². The van der Waals surface area contributed by atoms with Gasteiger partial charge in [-0.2, -0.15) is 0 Å². The molecule has 3 fully saturated rings. The van der Waals surface area contributed by atoms with E-state index < -0.39 is 0 Å². The molecule has 2 saturated carbocycles. The predicted octanol–water partition coefficient (Wildman–Crippen LogP) is 1.94. The average Bonchev–Trinajstić information content (AvgIpc) is 3.10. The second-order valence-electron chi connectivity index (χ2n) is 6.95. The third-order valence-electron chi connectivity index (χ3n) is 5.24. The molecule has 0 aromatic carbocycles. The van der Waals surface area contributed by atoms with Gasteiger partial charge >= 0.3 is 0 Å². The highest BCUT2D eigenvalue weighted by atomic mass is 16.2. The SMILES string of the molecule is CC1CCN(C(=O)C2CC2C(=O)NC2CCCC2)CC1. The van der Waals surface area contributed by atoms with Gasteiger partial charge < -0.3 is 10.2 Å². The van der Waals surface area contributed by atoms with Crippen molar-refractivity contribution in [1.29, 1.82) is 0 Å². The molecular weight excluding hydrogens is 252 g/mol. The Morgan fingerprint density at radius 2 is 1.65 bits per heavy atom. The summed E-state index contributed by atoms with van der Waals surface area (Å²) in [7, 11) is 0. The van der Waals surface area contributed by atoms with Gasteiger partial charge in [-0.25, -0.2) is 0 Å². The Morgan fingerprint density at radius 1 is 1.00 bits per heavy atom. The zero-order valence-electron chi connectivity index (χ0n) is 12.4. The first-order chi connectivity index (χ1) is 9.65. The van der Waals surface area contributed by atoms with Crippen LogP contribution in [-0.2, 0) is 9.59 Å². The molecule has 1 heterocycles. The zero-order valence-corrected chi connectivity index (χ0v) is 12.4. The summed E-state index contributed by atoms with van der Waals surface area (Å²) in [4.78, 5) is 26.5. The minimum Gasteiger partial charge on any atom is -0.353 e. The van der Waals surface area contributed by atoms with E-state index in [4.69, 9.17) is 0 Å². The third-order valence-corrected chi connectivity index (χ3v) is 5.24. The molecule has 3 rings (SSSR count). The van der Waals surface area contributed by atoms with Gasteiger partial charge in [0.05, 0.1) is 11.8 Å². The van der Waals surface area contributed by atoms with Crippen molar-refractivity contribution in [2.24, 2.45) is 17.8 Å². The van der Waals surface area contributed by atoms with Crippen LogP contribution in [0.25, 0.3) is 0 Å². The molecule has 2 aliphatic carbocycles. The Hall–Kier alpha value is -1.06. The van der Waals surface area contributed by atoms with Crippen LogP contribution >= 0.6 is 0 Å². The summed E-state index contributed by atoms with van der Waals surface area (Å²) in [6.45, 7) is 4.01. The van der Waals surface area contributed by atoms with Crippen LogP contribution in [0.2, 0.25) is 0 Å². The number of nitrogens with zero attached hydrogens (tertiary/aromatic N) is 1. The van der Waals surface area contributed by atoms with Crippen molar-refractivity contribution in [2.75, 3.05) is 13.1 Å². The van der Waals surface area contributed by atoms with Crippen molar-refractivity contribution in [3.63, 3.8) is 0 Å². The summed E-state index contributed by atoms with van der Waals surface area (Å²) in [5.74, 6) is 1.02. The van der Waals surface area contributed by atoms with Crippen molar-refractivity contribution in [2.45, 2.75) is 57.9 Å². The molecule has 2 unspecified atom stereocenters. The molecule has 0 radical (unpaired) electrons. The van der Waals surface area contributed by atoms with Gasteiger partial charge in [0.25, 0.3) is 0 Å². The van der Waals surface area contributed by atoms with Crippen molar-refractivity contribution < 1.29 is 9.59 Å². The molecule has 20 heavy (non-hydrogen) atoms. The van der Waals surface area contributed by atoms with Gasteiger partial charge in [-0.05, 0) is 38.0 Å². The molecule has 0 aromatic heterocycles. The first-order valence-corrected chi connectivity index (χ1v) is 8.24. The van der Waals surface area contributed by atoms with Crippen LogP contribution < -0.4 is 5.32 Å². The summed E-state index contributed by atoms with van der Waals surface area (Å²) in [6, 6.07) is 0.370. The molecule has 0 spiro atoms. The number of rotatable bonds is 3. The minimum atomic E-state index is -0.0394. The number of carbonyl (C=O) groups excluding carboxylic acids is 2. The highest BCUT2D eigenvalue weighted by Gasteiger charge is 2.50. The minimum absolute atomic E-state index is 0.0233. The summed E-state index contributed by atoms with van der Waals surface area (Å²) in [6.07, 6.45) is 7.66. The lowest BCUT2D eigenvalue weighted by atomic mass is 9.99. The second-order valence-corrected chi connectivity index (χ2v) is 6.95. The van der Waals surface area contributed by atoms with E-state index in [2.05, 4.69) is 12.2 Å². The maximum atomic E-state index is 12.4. The van der Waals surface area contributed by atoms with Crippen LogP contribution in [0.15, 0.2) is 0 Å². The Bertz CT molecular complexity index is 382. The van der Waals surface area contributed by atoms with Gasteiger partial charge in [-0.3, -0.25) is 9.59 Å². The molecule has 4 heteroatoms. The molecule has 2 atom stereocenters. The number of nitrogens with one attached hydrogen (secondary N) is 1. The Balaban J connectivity index is 1.45. The van der Waals surface area contributed by atoms with E-state index in [0.29, 0.717) is 6.04 Å². The number of amides is 2. The lowest BCUT2D eigenvalue weighted by Gasteiger charge is -2.30. The summed E-state index contributed by atoms with van der Waals surface area (Å²) >= 11 is 0. The summed E-state index contributed by atoms with van der Waals surface area (Å²) < 4.78 is 0. The number of carbonyl (C=O) groups is 2. The monoisotopic (exact) mass is 278 g/mol. The van der Waals surface area contributed by atoms with E-state index in [1.54, 1.807) is 0 Å². The first-order valence-electron chi connectivity index (χ1n) is 8.24. The normalized spacial score (nSPS) is 31.4. The quantitative estimate of drug-likeness (QED) is 0.857. The molecule has 1 aliphatic heterocycles. The Morgan fingerprint density at radius 3 is 2.30 bits per heavy atom. The van der Waals surface area contributed by atoms with Gasteiger partial charge in [-0.1, -0.05) is 19.8 Å². The van der Waals surface area contributed by atoms with E-state index in [-0.39, 0.29) is 23.7 Å². The number of piperidine rings is 1. The molecule has 2 amide bonds. The van der Waals surface area contributed by atoms with E-state index in [9.17, 15) is 9.59 Å². The largest absolute Gasteiger partial charge is 0.353 e. The molecule has 0 aromatic rings. The van der Waals surface area contributed by atoms with Crippen molar-refractivity contribution in [3.05, 3.63) is 0 Å². The van der Waals surface area contributed by atoms with Crippen LogP contribution in [0.1, 0.15) is 51.9 Å². The fourth-order valence-electron chi connectivity index (χ4n) is 3.60. The number of hydrogen-bond donors (Lipinski definition) is 1. The van der Waals surface area contributed by atoms with Crippen molar-refractivity contribution in [3.8, 4) is 0 Å². The van der Waals surface area contributed by atoms with E-state index in [1.165, 1.54) is 12.8 Å². The second kappa shape index (κ2) is 5.74. The molecule has 1 saturated heterocycles. The van der Waals surface area contributed by atoms with Gasteiger partial charge in [-0.15, -0.1) is 0 Å². The van der Waals surface area contributed by atoms with Crippen LogP contribution in [0.3, 0.4) is 0 Å².